The molecule has 0 aliphatic carbocycles. The minimum atomic E-state index is -1.37. The number of aromatic nitrogens is 1. The third kappa shape index (κ3) is 4.75. The molecule has 0 spiro atoms. The number of aliphatic hydroxyl groups excluding tert-OH is 1. The lowest BCUT2D eigenvalue weighted by molar-refractivity contribution is 0.0784. The lowest BCUT2D eigenvalue weighted by Gasteiger charge is -2.26. The smallest absolute Gasteiger partial charge is 0.177 e. The monoisotopic (exact) mass is 444 g/mol. The zero-order valence-electron chi connectivity index (χ0n) is 16.0. The summed E-state index contributed by atoms with van der Waals surface area (Å²) >= 11 is 11.7. The second-order valence-electron chi connectivity index (χ2n) is 6.93. The van der Waals surface area contributed by atoms with Crippen LogP contribution in [0.25, 0.3) is 0 Å². The van der Waals surface area contributed by atoms with Gasteiger partial charge in [-0.1, -0.05) is 48.3 Å². The minimum Gasteiger partial charge on any atom is -0.387 e. The highest BCUT2D eigenvalue weighted by atomic mass is 35.5. The van der Waals surface area contributed by atoms with E-state index in [9.17, 15) is 14.3 Å². The van der Waals surface area contributed by atoms with Crippen LogP contribution in [-0.2, 0) is 0 Å². The zero-order chi connectivity index (χ0) is 21.8. The average Bonchev–Trinajstić information content (AvgIpc) is 2.74. The summed E-state index contributed by atoms with van der Waals surface area (Å²) < 4.78 is 14.5. The van der Waals surface area contributed by atoms with Gasteiger partial charge in [0, 0.05) is 34.1 Å². The molecule has 0 aliphatic rings. The molecule has 0 saturated carbocycles. The van der Waals surface area contributed by atoms with Crippen molar-refractivity contribution in [1.82, 2.24) is 4.98 Å². The van der Waals surface area contributed by atoms with Crippen LogP contribution >= 0.6 is 23.2 Å². The van der Waals surface area contributed by atoms with Gasteiger partial charge in [0.1, 0.15) is 5.82 Å². The van der Waals surface area contributed by atoms with Gasteiger partial charge >= 0.3 is 0 Å². The first kappa shape index (κ1) is 22.1. The number of rotatable bonds is 7. The van der Waals surface area contributed by atoms with Gasteiger partial charge in [-0.3, -0.25) is 9.78 Å². The average molecular weight is 445 g/mol. The topological polar surface area (TPSA) is 74.0 Å². The van der Waals surface area contributed by atoms with Crippen molar-refractivity contribution in [1.29, 1.82) is 5.41 Å². The molecule has 4 nitrogen and oxygen atoms in total. The molecule has 3 atom stereocenters. The van der Waals surface area contributed by atoms with Crippen LogP contribution in [0.5, 0.6) is 0 Å². The maximum Gasteiger partial charge on any atom is 0.177 e. The Balaban J connectivity index is 2.03. The quantitative estimate of drug-likeness (QED) is 0.352. The summed E-state index contributed by atoms with van der Waals surface area (Å²) in [6.45, 7) is 1.75. The molecule has 7 heteroatoms. The Morgan fingerprint density at radius 3 is 2.33 bits per heavy atom. The molecule has 3 aromatic rings. The van der Waals surface area contributed by atoms with Crippen molar-refractivity contribution in [2.45, 2.75) is 18.9 Å². The first-order chi connectivity index (χ1) is 14.3. The number of nitrogens with zero attached hydrogens (tertiary/aromatic N) is 1. The van der Waals surface area contributed by atoms with Gasteiger partial charge in [-0.25, -0.2) is 4.39 Å². The third-order valence-electron chi connectivity index (χ3n) is 4.99. The van der Waals surface area contributed by atoms with Gasteiger partial charge in [0.15, 0.2) is 5.78 Å². The van der Waals surface area contributed by atoms with Crippen LogP contribution in [0.1, 0.15) is 40.4 Å². The van der Waals surface area contributed by atoms with Gasteiger partial charge in [-0.15, -0.1) is 0 Å². The van der Waals surface area contributed by atoms with E-state index in [1.807, 2.05) is 0 Å². The fraction of sp³-hybridized carbons (Fsp3) is 0.174. The Hall–Kier alpha value is -2.60. The summed E-state index contributed by atoms with van der Waals surface area (Å²) in [4.78, 5) is 17.3. The Labute approximate surface area is 183 Å². The fourth-order valence-electron chi connectivity index (χ4n) is 3.26. The van der Waals surface area contributed by atoms with Crippen LogP contribution in [-0.4, -0.2) is 21.6 Å². The Bertz CT molecular complexity index is 1060. The number of hydrogen-bond acceptors (Lipinski definition) is 4. The van der Waals surface area contributed by atoms with Crippen molar-refractivity contribution in [3.05, 3.63) is 99.5 Å². The first-order valence-corrected chi connectivity index (χ1v) is 9.96. The van der Waals surface area contributed by atoms with Gasteiger partial charge in [-0.2, -0.15) is 0 Å². The van der Waals surface area contributed by atoms with Crippen LogP contribution in [0.2, 0.25) is 10.0 Å². The van der Waals surface area contributed by atoms with E-state index in [0.717, 1.165) is 11.6 Å². The molecule has 0 saturated heterocycles. The van der Waals surface area contributed by atoms with E-state index >= 15 is 0 Å². The third-order valence-corrected chi connectivity index (χ3v) is 5.48. The van der Waals surface area contributed by atoms with Gasteiger partial charge in [-0.05, 0) is 47.5 Å². The summed E-state index contributed by atoms with van der Waals surface area (Å²) in [6, 6.07) is 13.8. The molecule has 0 amide bonds. The Kier molecular flexibility index (Phi) is 6.98. The largest absolute Gasteiger partial charge is 0.387 e. The number of hydrogen-bond donors (Lipinski definition) is 2. The second-order valence-corrected chi connectivity index (χ2v) is 7.80. The molecule has 3 unspecified atom stereocenters. The molecule has 3 rings (SSSR count). The number of carbonyl (C=O) groups excluding carboxylic acids is 1. The van der Waals surface area contributed by atoms with Gasteiger partial charge in [0.25, 0.3) is 0 Å². The molecule has 30 heavy (non-hydrogen) atoms. The van der Waals surface area contributed by atoms with Gasteiger partial charge in [0.2, 0.25) is 0 Å². The molecular weight excluding hydrogens is 426 g/mol. The lowest BCUT2D eigenvalue weighted by atomic mass is 9.79. The van der Waals surface area contributed by atoms with Crippen molar-refractivity contribution in [2.75, 3.05) is 0 Å². The Morgan fingerprint density at radius 1 is 1.07 bits per heavy atom. The van der Waals surface area contributed by atoms with E-state index in [0.29, 0.717) is 10.6 Å². The normalized spacial score (nSPS) is 14.0. The molecule has 0 radical (unpaired) electrons. The number of pyridine rings is 1. The SMILES string of the molecule is CC(C(=N)C(C(=O)c1ccc(Cl)cc1F)C(O)c1cccnc1)c1ccc(Cl)cc1. The summed E-state index contributed by atoms with van der Waals surface area (Å²) in [5, 5.41) is 20.4. The highest BCUT2D eigenvalue weighted by Gasteiger charge is 2.36. The summed E-state index contributed by atoms with van der Waals surface area (Å²) in [5.41, 5.74) is 0.823. The van der Waals surface area contributed by atoms with Crippen LogP contribution in [0.3, 0.4) is 0 Å². The van der Waals surface area contributed by atoms with E-state index in [1.165, 1.54) is 24.5 Å². The number of carbonyl (C=O) groups is 1. The maximum atomic E-state index is 14.5. The molecule has 1 heterocycles. The number of aliphatic hydroxyl groups is 1. The number of ketones is 1. The van der Waals surface area contributed by atoms with Crippen molar-refractivity contribution in [3.8, 4) is 0 Å². The fourth-order valence-corrected chi connectivity index (χ4v) is 3.54. The Morgan fingerprint density at radius 2 is 1.73 bits per heavy atom. The zero-order valence-corrected chi connectivity index (χ0v) is 17.5. The van der Waals surface area contributed by atoms with Crippen molar-refractivity contribution >= 4 is 34.7 Å². The molecular formula is C23H19Cl2FN2O2. The molecule has 0 bridgehead atoms. The van der Waals surface area contributed by atoms with E-state index in [-0.39, 0.29) is 16.3 Å². The van der Waals surface area contributed by atoms with Crippen molar-refractivity contribution in [3.63, 3.8) is 0 Å². The number of halogens is 3. The van der Waals surface area contributed by atoms with Crippen LogP contribution in [0.4, 0.5) is 4.39 Å². The maximum absolute atomic E-state index is 14.5. The standard InChI is InChI=1S/C23H19Cl2FN2O2/c1-13(14-4-6-16(24)7-5-14)21(27)20(22(29)15-3-2-10-28-12-15)23(30)18-9-8-17(25)11-19(18)26/h2-13,20,22,27,29H,1H3. The second kappa shape index (κ2) is 9.47. The highest BCUT2D eigenvalue weighted by molar-refractivity contribution is 6.31. The van der Waals surface area contributed by atoms with Crippen LogP contribution in [0, 0.1) is 17.1 Å². The van der Waals surface area contributed by atoms with E-state index < -0.39 is 29.5 Å². The molecule has 2 N–H and O–H groups in total. The molecule has 2 aromatic carbocycles. The molecule has 1 aromatic heterocycles. The van der Waals surface area contributed by atoms with Gasteiger partial charge < -0.3 is 10.5 Å². The predicted molar refractivity (Wildman–Crippen MR) is 116 cm³/mol. The van der Waals surface area contributed by atoms with E-state index in [2.05, 4.69) is 4.98 Å². The first-order valence-electron chi connectivity index (χ1n) is 9.20. The number of benzene rings is 2. The van der Waals surface area contributed by atoms with E-state index in [1.54, 1.807) is 43.3 Å². The number of Topliss-reactive ketones (excluding diaryl/α,β-unsaturated/α-hetero) is 1. The van der Waals surface area contributed by atoms with Crippen molar-refractivity contribution in [2.24, 2.45) is 5.92 Å². The van der Waals surface area contributed by atoms with E-state index in [4.69, 9.17) is 28.6 Å². The van der Waals surface area contributed by atoms with Crippen molar-refractivity contribution < 1.29 is 14.3 Å². The lowest BCUT2D eigenvalue weighted by Crippen LogP contribution is -2.33. The summed E-state index contributed by atoms with van der Waals surface area (Å²) in [6.07, 6.45) is 1.58. The number of nitrogens with one attached hydrogen (secondary N) is 1. The minimum absolute atomic E-state index is 0.0481. The molecule has 0 fully saturated rings. The van der Waals surface area contributed by atoms with Gasteiger partial charge in [0.05, 0.1) is 17.6 Å². The highest BCUT2D eigenvalue weighted by Crippen LogP contribution is 2.33. The molecule has 0 aliphatic heterocycles. The predicted octanol–water partition coefficient (Wildman–Crippen LogP) is 5.88. The summed E-state index contributed by atoms with van der Waals surface area (Å²) in [7, 11) is 0. The summed E-state index contributed by atoms with van der Waals surface area (Å²) in [5.74, 6) is -3.33. The van der Waals surface area contributed by atoms with Crippen LogP contribution < -0.4 is 0 Å². The van der Waals surface area contributed by atoms with Crippen LogP contribution in [0.15, 0.2) is 67.0 Å². The molecule has 154 valence electrons.